The Morgan fingerprint density at radius 1 is 0.947 bits per heavy atom. The Hall–Kier alpha value is -1.94. The van der Waals surface area contributed by atoms with E-state index in [0.717, 1.165) is 16.8 Å². The van der Waals surface area contributed by atoms with Gasteiger partial charge in [0.15, 0.2) is 5.11 Å². The summed E-state index contributed by atoms with van der Waals surface area (Å²) < 4.78 is 13.0. The van der Waals surface area contributed by atoms with E-state index in [9.17, 15) is 4.39 Å². The third-order valence-electron chi connectivity index (χ3n) is 2.56. The van der Waals surface area contributed by atoms with Crippen molar-refractivity contribution >= 4 is 28.7 Å². The van der Waals surface area contributed by atoms with E-state index < -0.39 is 0 Å². The first-order chi connectivity index (χ1) is 9.02. The fraction of sp³-hybridized carbons (Fsp3) is 0.133. The van der Waals surface area contributed by atoms with Crippen LogP contribution >= 0.6 is 12.2 Å². The van der Waals surface area contributed by atoms with Crippen molar-refractivity contribution in [3.63, 3.8) is 0 Å². The van der Waals surface area contributed by atoms with Crippen molar-refractivity contribution in [2.75, 3.05) is 10.6 Å². The van der Waals surface area contributed by atoms with Gasteiger partial charge < -0.3 is 10.6 Å². The van der Waals surface area contributed by atoms with Crippen LogP contribution in [0.3, 0.4) is 0 Å². The second-order valence-electron chi connectivity index (χ2n) is 4.47. The first-order valence-corrected chi connectivity index (χ1v) is 6.35. The molecule has 0 bridgehead atoms. The van der Waals surface area contributed by atoms with Gasteiger partial charge in [-0.2, -0.15) is 0 Å². The van der Waals surface area contributed by atoms with Gasteiger partial charge in [-0.05, 0) is 67.5 Å². The normalized spacial score (nSPS) is 10.1. The standard InChI is InChI=1S/C15H15FN2S/c1-10-6-11(2)8-14(7-10)18-15(19)17-13-5-3-4-12(16)9-13/h3-9H,1-2H3,(H2,17,18,19). The number of rotatable bonds is 2. The van der Waals surface area contributed by atoms with Crippen LogP contribution in [0.5, 0.6) is 0 Å². The highest BCUT2D eigenvalue weighted by Crippen LogP contribution is 2.15. The van der Waals surface area contributed by atoms with Crippen LogP contribution < -0.4 is 10.6 Å². The third-order valence-corrected chi connectivity index (χ3v) is 2.77. The van der Waals surface area contributed by atoms with E-state index in [0.29, 0.717) is 10.8 Å². The lowest BCUT2D eigenvalue weighted by molar-refractivity contribution is 0.628. The molecule has 0 heterocycles. The summed E-state index contributed by atoms with van der Waals surface area (Å²) in [7, 11) is 0. The van der Waals surface area contributed by atoms with Crippen LogP contribution in [-0.2, 0) is 0 Å². The summed E-state index contributed by atoms with van der Waals surface area (Å²) in [4.78, 5) is 0. The minimum absolute atomic E-state index is 0.292. The fourth-order valence-electron chi connectivity index (χ4n) is 1.91. The largest absolute Gasteiger partial charge is 0.332 e. The van der Waals surface area contributed by atoms with Gasteiger partial charge in [0.25, 0.3) is 0 Å². The lowest BCUT2D eigenvalue weighted by Crippen LogP contribution is -2.19. The molecule has 0 saturated heterocycles. The summed E-state index contributed by atoms with van der Waals surface area (Å²) in [6.07, 6.45) is 0. The molecule has 2 nitrogen and oxygen atoms in total. The summed E-state index contributed by atoms with van der Waals surface area (Å²) in [5.41, 5.74) is 3.88. The number of hydrogen-bond acceptors (Lipinski definition) is 1. The quantitative estimate of drug-likeness (QED) is 0.800. The van der Waals surface area contributed by atoms with Crippen molar-refractivity contribution in [3.05, 3.63) is 59.4 Å². The van der Waals surface area contributed by atoms with Crippen molar-refractivity contribution in [3.8, 4) is 0 Å². The van der Waals surface area contributed by atoms with Gasteiger partial charge in [-0.25, -0.2) is 4.39 Å². The molecule has 2 aromatic carbocycles. The number of halogens is 1. The Morgan fingerprint density at radius 2 is 1.58 bits per heavy atom. The van der Waals surface area contributed by atoms with Gasteiger partial charge in [0.05, 0.1) is 0 Å². The van der Waals surface area contributed by atoms with E-state index in [2.05, 4.69) is 16.7 Å². The smallest absolute Gasteiger partial charge is 0.175 e. The lowest BCUT2D eigenvalue weighted by Gasteiger charge is -2.11. The number of thiocarbonyl (C=S) groups is 1. The maximum absolute atomic E-state index is 13.0. The van der Waals surface area contributed by atoms with Crippen LogP contribution in [0.25, 0.3) is 0 Å². The molecule has 2 rings (SSSR count). The Bertz CT molecular complexity index is 591. The Kier molecular flexibility index (Phi) is 4.12. The van der Waals surface area contributed by atoms with Gasteiger partial charge in [-0.15, -0.1) is 0 Å². The van der Waals surface area contributed by atoms with Gasteiger partial charge in [0.2, 0.25) is 0 Å². The predicted octanol–water partition coefficient (Wildman–Crippen LogP) is 4.25. The Morgan fingerprint density at radius 3 is 2.21 bits per heavy atom. The van der Waals surface area contributed by atoms with Crippen LogP contribution in [0.2, 0.25) is 0 Å². The summed E-state index contributed by atoms with van der Waals surface area (Å²) in [5, 5.41) is 6.48. The van der Waals surface area contributed by atoms with Crippen molar-refractivity contribution in [1.82, 2.24) is 0 Å². The molecule has 0 atom stereocenters. The molecule has 0 aliphatic carbocycles. The molecule has 2 N–H and O–H groups in total. The number of aryl methyl sites for hydroxylation is 2. The summed E-state index contributed by atoms with van der Waals surface area (Å²) in [5.74, 6) is -0.292. The van der Waals surface area contributed by atoms with Gasteiger partial charge in [0.1, 0.15) is 5.82 Å². The molecule has 98 valence electrons. The Labute approximate surface area is 117 Å². The molecule has 0 spiro atoms. The van der Waals surface area contributed by atoms with E-state index in [1.165, 1.54) is 12.1 Å². The maximum atomic E-state index is 13.0. The molecule has 0 radical (unpaired) electrons. The maximum Gasteiger partial charge on any atom is 0.175 e. The Balaban J connectivity index is 2.05. The molecule has 19 heavy (non-hydrogen) atoms. The molecule has 0 saturated carbocycles. The average molecular weight is 274 g/mol. The topological polar surface area (TPSA) is 24.1 Å². The highest BCUT2D eigenvalue weighted by molar-refractivity contribution is 7.80. The van der Waals surface area contributed by atoms with E-state index in [-0.39, 0.29) is 5.82 Å². The molecule has 0 fully saturated rings. The number of hydrogen-bond donors (Lipinski definition) is 2. The lowest BCUT2D eigenvalue weighted by atomic mass is 10.1. The first kappa shape index (κ1) is 13.5. The monoisotopic (exact) mass is 274 g/mol. The minimum Gasteiger partial charge on any atom is -0.332 e. The van der Waals surface area contributed by atoms with Crippen LogP contribution in [-0.4, -0.2) is 5.11 Å². The third kappa shape index (κ3) is 4.03. The minimum atomic E-state index is -0.292. The van der Waals surface area contributed by atoms with Gasteiger partial charge in [-0.1, -0.05) is 12.1 Å². The molecule has 0 aliphatic heterocycles. The molecular weight excluding hydrogens is 259 g/mol. The summed E-state index contributed by atoms with van der Waals surface area (Å²) in [6.45, 7) is 4.06. The van der Waals surface area contributed by atoms with Crippen molar-refractivity contribution in [2.24, 2.45) is 0 Å². The molecule has 0 aromatic heterocycles. The number of benzene rings is 2. The molecule has 0 aliphatic rings. The van der Waals surface area contributed by atoms with E-state index in [1.54, 1.807) is 12.1 Å². The van der Waals surface area contributed by atoms with E-state index >= 15 is 0 Å². The zero-order chi connectivity index (χ0) is 13.8. The SMILES string of the molecule is Cc1cc(C)cc(NC(=S)Nc2cccc(F)c2)c1. The van der Waals surface area contributed by atoms with Crippen molar-refractivity contribution in [2.45, 2.75) is 13.8 Å². The number of nitrogens with one attached hydrogen (secondary N) is 2. The average Bonchev–Trinajstić information content (AvgIpc) is 2.26. The fourth-order valence-corrected chi connectivity index (χ4v) is 2.14. The van der Waals surface area contributed by atoms with Crippen LogP contribution in [0, 0.1) is 19.7 Å². The predicted molar refractivity (Wildman–Crippen MR) is 82.2 cm³/mol. The second kappa shape index (κ2) is 5.80. The zero-order valence-corrected chi connectivity index (χ0v) is 11.6. The van der Waals surface area contributed by atoms with E-state index in [4.69, 9.17) is 12.2 Å². The molecule has 2 aromatic rings. The number of anilines is 2. The molecular formula is C15H15FN2S. The molecule has 0 unspecified atom stereocenters. The zero-order valence-electron chi connectivity index (χ0n) is 10.8. The second-order valence-corrected chi connectivity index (χ2v) is 4.87. The first-order valence-electron chi connectivity index (χ1n) is 5.95. The van der Waals surface area contributed by atoms with Gasteiger partial charge >= 0.3 is 0 Å². The molecule has 4 heteroatoms. The highest BCUT2D eigenvalue weighted by atomic mass is 32.1. The molecule has 0 amide bonds. The highest BCUT2D eigenvalue weighted by Gasteiger charge is 2.01. The summed E-state index contributed by atoms with van der Waals surface area (Å²) >= 11 is 5.20. The van der Waals surface area contributed by atoms with Gasteiger partial charge in [0, 0.05) is 11.4 Å². The van der Waals surface area contributed by atoms with Crippen LogP contribution in [0.15, 0.2) is 42.5 Å². The summed E-state index contributed by atoms with van der Waals surface area (Å²) in [6, 6.07) is 12.3. The van der Waals surface area contributed by atoms with Gasteiger partial charge in [-0.3, -0.25) is 0 Å². The van der Waals surface area contributed by atoms with Crippen molar-refractivity contribution < 1.29 is 4.39 Å². The van der Waals surface area contributed by atoms with E-state index in [1.807, 2.05) is 26.0 Å². The van der Waals surface area contributed by atoms with Crippen molar-refractivity contribution in [1.29, 1.82) is 0 Å². The van der Waals surface area contributed by atoms with Crippen LogP contribution in [0.4, 0.5) is 15.8 Å². The van der Waals surface area contributed by atoms with Crippen LogP contribution in [0.1, 0.15) is 11.1 Å².